The molecule has 1 aromatic carbocycles. The molecule has 0 amide bonds. The Labute approximate surface area is 87.1 Å². The van der Waals surface area contributed by atoms with Crippen molar-refractivity contribution < 1.29 is 17.7 Å². The Morgan fingerprint density at radius 2 is 2.31 bits per heavy atom. The number of carbonyl (C=O) groups is 1. The zero-order valence-electron chi connectivity index (χ0n) is 9.35. The van der Waals surface area contributed by atoms with E-state index < -0.39 is 19.1 Å². The first-order valence-corrected chi connectivity index (χ1v) is 4.15. The molecule has 0 aromatic heterocycles. The Kier molecular flexibility index (Phi) is 2.02. The zero-order chi connectivity index (χ0) is 12.5. The summed E-state index contributed by atoms with van der Waals surface area (Å²) in [6, 6.07) is 3.32. The number of ketones is 1. The molecule has 0 aliphatic heterocycles. The first-order chi connectivity index (χ1) is 7.23. The van der Waals surface area contributed by atoms with Crippen LogP contribution in [0.4, 0.5) is 8.78 Å². The maximum atomic E-state index is 12.1. The van der Waals surface area contributed by atoms with Gasteiger partial charge in [0.15, 0.2) is 0 Å². The summed E-state index contributed by atoms with van der Waals surface area (Å²) in [4.78, 5) is 10.9. The molecule has 0 spiro atoms. The molecular formula is C9H7BrF2O. The molecule has 1 nitrogen and oxygen atoms in total. The standard InChI is InChI=1S/C9H7BrF2O/c1-5-2-3-6(4-7(5)10)8(13)9(11)12/h2-4,9H,1H3/i1D3. The predicted octanol–water partition coefficient (Wildman–Crippen LogP) is 3.21. The van der Waals surface area contributed by atoms with Gasteiger partial charge in [-0.1, -0.05) is 28.1 Å². The van der Waals surface area contributed by atoms with Gasteiger partial charge in [0.2, 0.25) is 5.78 Å². The van der Waals surface area contributed by atoms with E-state index in [-0.39, 0.29) is 15.6 Å². The second kappa shape index (κ2) is 3.96. The number of alkyl halides is 2. The number of hydrogen-bond acceptors (Lipinski definition) is 1. The normalized spacial score (nSPS) is 14.9. The summed E-state index contributed by atoms with van der Waals surface area (Å²) in [6.45, 7) is -2.34. The van der Waals surface area contributed by atoms with E-state index >= 15 is 0 Å². The third-order valence-electron chi connectivity index (χ3n) is 1.45. The lowest BCUT2D eigenvalue weighted by atomic mass is 10.1. The molecule has 1 rings (SSSR count). The molecule has 70 valence electrons. The second-order valence-corrected chi connectivity index (χ2v) is 3.21. The highest BCUT2D eigenvalue weighted by atomic mass is 79.9. The molecule has 0 atom stereocenters. The molecule has 0 heterocycles. The van der Waals surface area contributed by atoms with E-state index in [0.29, 0.717) is 0 Å². The first kappa shape index (κ1) is 6.65. The number of carbonyl (C=O) groups excluding carboxylic acids is 1. The molecule has 0 saturated heterocycles. The van der Waals surface area contributed by atoms with Crippen LogP contribution < -0.4 is 0 Å². The summed E-state index contributed by atoms with van der Waals surface area (Å²) in [7, 11) is 0. The van der Waals surface area contributed by atoms with Gasteiger partial charge in [-0.3, -0.25) is 4.79 Å². The Morgan fingerprint density at radius 1 is 1.62 bits per heavy atom. The van der Waals surface area contributed by atoms with Crippen molar-refractivity contribution in [3.8, 4) is 0 Å². The van der Waals surface area contributed by atoms with Crippen LogP contribution in [-0.4, -0.2) is 12.2 Å². The Balaban J connectivity index is 3.15. The van der Waals surface area contributed by atoms with Gasteiger partial charge in [0, 0.05) is 14.1 Å². The van der Waals surface area contributed by atoms with E-state index in [1.54, 1.807) is 0 Å². The van der Waals surface area contributed by atoms with Crippen molar-refractivity contribution >= 4 is 21.7 Å². The maximum Gasteiger partial charge on any atom is 0.300 e. The molecule has 0 radical (unpaired) electrons. The lowest BCUT2D eigenvalue weighted by molar-refractivity contribution is 0.0678. The summed E-state index contributed by atoms with van der Waals surface area (Å²) < 4.78 is 45.8. The lowest BCUT2D eigenvalue weighted by Gasteiger charge is -2.02. The number of halogens is 3. The van der Waals surface area contributed by atoms with Gasteiger partial charge in [0.1, 0.15) is 0 Å². The van der Waals surface area contributed by atoms with E-state index in [2.05, 4.69) is 15.9 Å². The molecule has 0 bridgehead atoms. The fraction of sp³-hybridized carbons (Fsp3) is 0.222. The summed E-state index contributed by atoms with van der Waals surface area (Å²) in [6.07, 6.45) is -3.09. The van der Waals surface area contributed by atoms with Crippen LogP contribution in [0.5, 0.6) is 0 Å². The van der Waals surface area contributed by atoms with Gasteiger partial charge in [0.25, 0.3) is 0 Å². The fourth-order valence-electron chi connectivity index (χ4n) is 0.794. The van der Waals surface area contributed by atoms with Crippen molar-refractivity contribution in [2.24, 2.45) is 0 Å². The van der Waals surface area contributed by atoms with Gasteiger partial charge < -0.3 is 0 Å². The van der Waals surface area contributed by atoms with Crippen LogP contribution in [0, 0.1) is 6.85 Å². The summed E-state index contributed by atoms with van der Waals surface area (Å²) in [5, 5.41) is 0. The molecule has 0 N–H and O–H groups in total. The van der Waals surface area contributed by atoms with E-state index in [4.69, 9.17) is 4.11 Å². The lowest BCUT2D eigenvalue weighted by Crippen LogP contribution is -2.09. The molecule has 0 saturated carbocycles. The van der Waals surface area contributed by atoms with Crippen molar-refractivity contribution in [3.63, 3.8) is 0 Å². The molecule has 0 fully saturated rings. The van der Waals surface area contributed by atoms with E-state index in [1.807, 2.05) is 0 Å². The highest BCUT2D eigenvalue weighted by Gasteiger charge is 2.17. The molecule has 1 aromatic rings. The number of hydrogen-bond donors (Lipinski definition) is 0. The average Bonchev–Trinajstić information content (AvgIpc) is 2.14. The third kappa shape index (κ3) is 2.34. The van der Waals surface area contributed by atoms with Crippen molar-refractivity contribution in [3.05, 3.63) is 33.8 Å². The van der Waals surface area contributed by atoms with Crippen molar-refractivity contribution in [1.82, 2.24) is 0 Å². The predicted molar refractivity (Wildman–Crippen MR) is 49.2 cm³/mol. The minimum absolute atomic E-state index is 0.0154. The molecule has 0 aliphatic rings. The zero-order valence-corrected chi connectivity index (χ0v) is 7.94. The highest BCUT2D eigenvalue weighted by Crippen LogP contribution is 2.19. The largest absolute Gasteiger partial charge is 0.300 e. The third-order valence-corrected chi connectivity index (χ3v) is 2.11. The summed E-state index contributed by atoms with van der Waals surface area (Å²) in [5.74, 6) is -1.32. The summed E-state index contributed by atoms with van der Waals surface area (Å²) in [5.41, 5.74) is -0.229. The number of rotatable bonds is 2. The van der Waals surface area contributed by atoms with E-state index in [0.717, 1.165) is 18.2 Å². The second-order valence-electron chi connectivity index (χ2n) is 2.36. The van der Waals surface area contributed by atoms with Crippen LogP contribution in [-0.2, 0) is 0 Å². The Morgan fingerprint density at radius 3 is 2.77 bits per heavy atom. The molecular weight excluding hydrogens is 242 g/mol. The smallest absolute Gasteiger partial charge is 0.288 e. The maximum absolute atomic E-state index is 12.1. The number of benzene rings is 1. The fourth-order valence-corrected chi connectivity index (χ4v) is 1.17. The quantitative estimate of drug-likeness (QED) is 0.738. The van der Waals surface area contributed by atoms with Gasteiger partial charge in [-0.15, -0.1) is 0 Å². The van der Waals surface area contributed by atoms with Crippen LogP contribution in [0.15, 0.2) is 22.7 Å². The van der Waals surface area contributed by atoms with Crippen molar-refractivity contribution in [2.75, 3.05) is 0 Å². The molecule has 0 unspecified atom stereocenters. The molecule has 4 heteroatoms. The highest BCUT2D eigenvalue weighted by molar-refractivity contribution is 9.10. The minimum Gasteiger partial charge on any atom is -0.288 e. The van der Waals surface area contributed by atoms with Gasteiger partial charge in [-0.2, -0.15) is 0 Å². The SMILES string of the molecule is [2H]C([2H])([2H])c1ccc(C(=O)C(F)F)cc1Br. The van der Waals surface area contributed by atoms with Crippen LogP contribution >= 0.6 is 15.9 Å². The Hall–Kier alpha value is -0.770. The van der Waals surface area contributed by atoms with Crippen LogP contribution in [0.3, 0.4) is 0 Å². The monoisotopic (exact) mass is 251 g/mol. The number of aryl methyl sites for hydroxylation is 1. The summed E-state index contributed by atoms with van der Waals surface area (Å²) >= 11 is 2.94. The van der Waals surface area contributed by atoms with Gasteiger partial charge in [-0.25, -0.2) is 8.78 Å². The van der Waals surface area contributed by atoms with E-state index in [9.17, 15) is 13.6 Å². The van der Waals surface area contributed by atoms with E-state index in [1.165, 1.54) is 0 Å². The van der Waals surface area contributed by atoms with Crippen molar-refractivity contribution in [1.29, 1.82) is 0 Å². The number of Topliss-reactive ketones (excluding diaryl/α,β-unsaturated/α-hetero) is 1. The van der Waals surface area contributed by atoms with Gasteiger partial charge in [0.05, 0.1) is 0 Å². The van der Waals surface area contributed by atoms with Gasteiger partial charge in [-0.05, 0) is 18.5 Å². The molecule has 13 heavy (non-hydrogen) atoms. The minimum atomic E-state index is -3.09. The van der Waals surface area contributed by atoms with Crippen LogP contribution in [0.25, 0.3) is 0 Å². The van der Waals surface area contributed by atoms with Gasteiger partial charge >= 0.3 is 6.43 Å². The van der Waals surface area contributed by atoms with Crippen LogP contribution in [0.1, 0.15) is 20.0 Å². The average molecular weight is 252 g/mol. The topological polar surface area (TPSA) is 17.1 Å². The van der Waals surface area contributed by atoms with Crippen molar-refractivity contribution in [2.45, 2.75) is 13.3 Å². The van der Waals surface area contributed by atoms with Crippen LogP contribution in [0.2, 0.25) is 0 Å². The molecule has 0 aliphatic carbocycles. The first-order valence-electron chi connectivity index (χ1n) is 4.86. The Bertz CT molecular complexity index is 418.